The summed E-state index contributed by atoms with van der Waals surface area (Å²) in [4.78, 5) is 16.7. The van der Waals surface area contributed by atoms with Gasteiger partial charge in [-0.3, -0.25) is 4.90 Å². The average Bonchev–Trinajstić information content (AvgIpc) is 3.51. The summed E-state index contributed by atoms with van der Waals surface area (Å²) in [5, 5.41) is 4.01. The molecule has 6 rings (SSSR count). The van der Waals surface area contributed by atoms with Crippen LogP contribution >= 0.6 is 11.6 Å². The highest BCUT2D eigenvalue weighted by atomic mass is 35.5. The number of anilines is 2. The third-order valence-electron chi connectivity index (χ3n) is 8.54. The van der Waals surface area contributed by atoms with E-state index in [-0.39, 0.29) is 11.1 Å². The van der Waals surface area contributed by atoms with Crippen LogP contribution in [0.2, 0.25) is 5.02 Å². The Bertz CT molecular complexity index is 1340. The summed E-state index contributed by atoms with van der Waals surface area (Å²) in [6.45, 7) is 9.81. The highest BCUT2D eigenvalue weighted by Crippen LogP contribution is 2.37. The smallest absolute Gasteiger partial charge is 0.145 e. The topological polar surface area (TPSA) is 75.2 Å². The molecule has 3 aromatic rings. The first kappa shape index (κ1) is 29.3. The van der Waals surface area contributed by atoms with Crippen molar-refractivity contribution in [3.8, 4) is 11.5 Å². The Labute approximate surface area is 251 Å². The van der Waals surface area contributed by atoms with E-state index in [0.717, 1.165) is 57.0 Å². The standard InChI is InChI=1S/C31H40ClFN6O3/c1-37-9-5-23(6-10-37)39-13-11-38(12-14-39)8-2-15-41-25-18-28-30(29(19-25)42-24-7-16-40-20-24)31(35-21-34-28)36-22-3-4-27(33)26(32)17-22/h3-4,17-19,21,23-24H,2,5-16,20H2,1H3,(H,34,35,36). The minimum Gasteiger partial charge on any atom is -0.493 e. The second-order valence-electron chi connectivity index (χ2n) is 11.5. The lowest BCUT2D eigenvalue weighted by atomic mass is 10.0. The zero-order valence-corrected chi connectivity index (χ0v) is 25.0. The fraction of sp³-hybridized carbons (Fsp3) is 0.548. The lowest BCUT2D eigenvalue weighted by Gasteiger charge is -2.42. The number of hydrogen-bond donors (Lipinski definition) is 1. The van der Waals surface area contributed by atoms with Crippen molar-refractivity contribution >= 4 is 34.0 Å². The van der Waals surface area contributed by atoms with Crippen LogP contribution in [0.4, 0.5) is 15.9 Å². The highest BCUT2D eigenvalue weighted by Gasteiger charge is 2.26. The van der Waals surface area contributed by atoms with Crippen LogP contribution in [0.3, 0.4) is 0 Å². The number of likely N-dealkylation sites (tertiary alicyclic amines) is 1. The molecule has 4 heterocycles. The second kappa shape index (κ2) is 13.7. The number of ether oxygens (including phenoxy) is 3. The van der Waals surface area contributed by atoms with Gasteiger partial charge in [-0.15, -0.1) is 0 Å². The van der Waals surface area contributed by atoms with Crippen molar-refractivity contribution in [1.29, 1.82) is 0 Å². The van der Waals surface area contributed by atoms with Gasteiger partial charge in [0.05, 0.1) is 35.7 Å². The Morgan fingerprint density at radius 2 is 1.88 bits per heavy atom. The first-order chi connectivity index (χ1) is 20.5. The molecule has 0 radical (unpaired) electrons. The summed E-state index contributed by atoms with van der Waals surface area (Å²) in [5.41, 5.74) is 1.31. The molecule has 0 saturated carbocycles. The molecule has 226 valence electrons. The SMILES string of the molecule is CN1CCC(N2CCN(CCCOc3cc(OC4CCOC4)c4c(Nc5ccc(F)c(Cl)c5)ncnc4c3)CC2)CC1. The molecule has 3 saturated heterocycles. The summed E-state index contributed by atoms with van der Waals surface area (Å²) in [5.74, 6) is 1.40. The van der Waals surface area contributed by atoms with Gasteiger partial charge >= 0.3 is 0 Å². The number of fused-ring (bicyclic) bond motifs is 1. The quantitative estimate of drug-likeness (QED) is 0.331. The first-order valence-corrected chi connectivity index (χ1v) is 15.4. The number of piperazine rings is 1. The Hall–Kier alpha value is -2.76. The minimum atomic E-state index is -0.475. The van der Waals surface area contributed by atoms with Gasteiger partial charge in [0, 0.05) is 63.0 Å². The molecule has 0 spiro atoms. The van der Waals surface area contributed by atoms with Gasteiger partial charge in [0.25, 0.3) is 0 Å². The Morgan fingerprint density at radius 1 is 1.05 bits per heavy atom. The Kier molecular flexibility index (Phi) is 9.56. The van der Waals surface area contributed by atoms with Crippen molar-refractivity contribution < 1.29 is 18.6 Å². The molecule has 1 unspecified atom stereocenters. The number of aromatic nitrogens is 2. The molecule has 1 atom stereocenters. The number of nitrogens with zero attached hydrogens (tertiary/aromatic N) is 5. The van der Waals surface area contributed by atoms with Crippen LogP contribution in [0.15, 0.2) is 36.7 Å². The van der Waals surface area contributed by atoms with E-state index in [9.17, 15) is 4.39 Å². The molecule has 1 N–H and O–H groups in total. The maximum atomic E-state index is 13.7. The number of hydrogen-bond acceptors (Lipinski definition) is 9. The van der Waals surface area contributed by atoms with Crippen LogP contribution in [-0.4, -0.2) is 109 Å². The van der Waals surface area contributed by atoms with Gasteiger partial charge < -0.3 is 29.3 Å². The van der Waals surface area contributed by atoms with Gasteiger partial charge in [-0.05, 0) is 57.6 Å². The van der Waals surface area contributed by atoms with E-state index in [0.29, 0.717) is 48.3 Å². The largest absolute Gasteiger partial charge is 0.493 e. The first-order valence-electron chi connectivity index (χ1n) is 15.0. The summed E-state index contributed by atoms with van der Waals surface area (Å²) in [6, 6.07) is 9.04. The van der Waals surface area contributed by atoms with E-state index >= 15 is 0 Å². The maximum absolute atomic E-state index is 13.7. The number of benzene rings is 2. The lowest BCUT2D eigenvalue weighted by Crippen LogP contribution is -2.53. The second-order valence-corrected chi connectivity index (χ2v) is 11.9. The van der Waals surface area contributed by atoms with Crippen LogP contribution in [0.5, 0.6) is 11.5 Å². The van der Waals surface area contributed by atoms with Crippen molar-refractivity contribution in [2.45, 2.75) is 37.8 Å². The van der Waals surface area contributed by atoms with Crippen LogP contribution in [0.1, 0.15) is 25.7 Å². The van der Waals surface area contributed by atoms with E-state index < -0.39 is 5.82 Å². The van der Waals surface area contributed by atoms with Crippen molar-refractivity contribution in [1.82, 2.24) is 24.7 Å². The minimum absolute atomic E-state index is 0.0350. The highest BCUT2D eigenvalue weighted by molar-refractivity contribution is 6.31. The maximum Gasteiger partial charge on any atom is 0.145 e. The van der Waals surface area contributed by atoms with Crippen LogP contribution in [0, 0.1) is 5.82 Å². The van der Waals surface area contributed by atoms with Crippen molar-refractivity contribution in [3.05, 3.63) is 47.5 Å². The summed E-state index contributed by atoms with van der Waals surface area (Å²) in [7, 11) is 2.22. The molecule has 0 aliphatic carbocycles. The summed E-state index contributed by atoms with van der Waals surface area (Å²) < 4.78 is 31.9. The van der Waals surface area contributed by atoms with Gasteiger partial charge in [0.1, 0.15) is 35.6 Å². The Balaban J connectivity index is 1.09. The molecule has 2 aromatic carbocycles. The molecule has 0 amide bonds. The molecular weight excluding hydrogens is 559 g/mol. The molecule has 3 fully saturated rings. The van der Waals surface area contributed by atoms with Crippen molar-refractivity contribution in [2.24, 2.45) is 0 Å². The van der Waals surface area contributed by atoms with Gasteiger partial charge in [0.15, 0.2) is 0 Å². The van der Waals surface area contributed by atoms with E-state index in [2.05, 4.69) is 37.0 Å². The fourth-order valence-electron chi connectivity index (χ4n) is 6.09. The van der Waals surface area contributed by atoms with Gasteiger partial charge in [0.2, 0.25) is 0 Å². The Morgan fingerprint density at radius 3 is 2.64 bits per heavy atom. The molecule has 11 heteroatoms. The summed E-state index contributed by atoms with van der Waals surface area (Å²) >= 11 is 6.01. The zero-order chi connectivity index (χ0) is 28.9. The van der Waals surface area contributed by atoms with Crippen molar-refractivity contribution in [3.63, 3.8) is 0 Å². The predicted molar refractivity (Wildman–Crippen MR) is 163 cm³/mol. The molecule has 3 aliphatic heterocycles. The monoisotopic (exact) mass is 598 g/mol. The number of halogens is 2. The predicted octanol–water partition coefficient (Wildman–Crippen LogP) is 4.81. The molecular formula is C31H40ClFN6O3. The third kappa shape index (κ3) is 7.23. The van der Waals surface area contributed by atoms with E-state index in [1.807, 2.05) is 12.1 Å². The molecule has 3 aliphatic rings. The van der Waals surface area contributed by atoms with Crippen molar-refractivity contribution in [2.75, 3.05) is 78.0 Å². The third-order valence-corrected chi connectivity index (χ3v) is 8.83. The van der Waals surface area contributed by atoms with Crippen LogP contribution in [-0.2, 0) is 4.74 Å². The average molecular weight is 599 g/mol. The molecule has 42 heavy (non-hydrogen) atoms. The van der Waals surface area contributed by atoms with E-state index in [1.165, 1.54) is 44.4 Å². The van der Waals surface area contributed by atoms with E-state index in [4.69, 9.17) is 25.8 Å². The van der Waals surface area contributed by atoms with Gasteiger partial charge in [-0.2, -0.15) is 0 Å². The molecule has 1 aromatic heterocycles. The lowest BCUT2D eigenvalue weighted by molar-refractivity contribution is 0.0627. The van der Waals surface area contributed by atoms with Gasteiger partial charge in [-0.25, -0.2) is 14.4 Å². The molecule has 0 bridgehead atoms. The van der Waals surface area contributed by atoms with Crippen LogP contribution in [0.25, 0.3) is 10.9 Å². The van der Waals surface area contributed by atoms with E-state index in [1.54, 1.807) is 6.07 Å². The number of piperidine rings is 1. The normalized spacial score (nSPS) is 21.2. The zero-order valence-electron chi connectivity index (χ0n) is 24.2. The number of rotatable bonds is 10. The summed E-state index contributed by atoms with van der Waals surface area (Å²) in [6.07, 6.45) is 5.76. The molecule has 9 nitrogen and oxygen atoms in total. The fourth-order valence-corrected chi connectivity index (χ4v) is 6.27. The number of nitrogens with one attached hydrogen (secondary N) is 1. The van der Waals surface area contributed by atoms with Crippen LogP contribution < -0.4 is 14.8 Å². The van der Waals surface area contributed by atoms with Gasteiger partial charge in [-0.1, -0.05) is 11.6 Å².